The van der Waals surface area contributed by atoms with E-state index < -0.39 is 0 Å². The monoisotopic (exact) mass is 358 g/mol. The second-order valence-corrected chi connectivity index (χ2v) is 7.69. The van der Waals surface area contributed by atoms with E-state index in [0.717, 1.165) is 26.4 Å². The molecule has 0 unspecified atom stereocenters. The van der Waals surface area contributed by atoms with Crippen LogP contribution in [0.2, 0.25) is 0 Å². The van der Waals surface area contributed by atoms with Gasteiger partial charge in [-0.3, -0.25) is 4.79 Å². The summed E-state index contributed by atoms with van der Waals surface area (Å²) in [5.74, 6) is 0.00593. The molecule has 3 rings (SSSR count). The number of thiophene rings is 1. The largest absolute Gasteiger partial charge is 0.460 e. The third kappa shape index (κ3) is 3.60. The van der Waals surface area contributed by atoms with Gasteiger partial charge in [0, 0.05) is 10.3 Å². The number of ether oxygens (including phenoxy) is 1. The maximum atomic E-state index is 12.0. The van der Waals surface area contributed by atoms with Gasteiger partial charge in [-0.05, 0) is 37.5 Å². The van der Waals surface area contributed by atoms with Gasteiger partial charge in [0.1, 0.15) is 22.8 Å². The third-order valence-corrected chi connectivity index (χ3v) is 5.99. The molecule has 0 saturated heterocycles. The van der Waals surface area contributed by atoms with Gasteiger partial charge in [-0.25, -0.2) is 9.97 Å². The van der Waals surface area contributed by atoms with Crippen LogP contribution in [0.25, 0.3) is 10.2 Å². The number of thioether (sulfide) groups is 1. The van der Waals surface area contributed by atoms with E-state index in [1.54, 1.807) is 17.7 Å². The van der Waals surface area contributed by atoms with Crippen LogP contribution in [0.4, 0.5) is 0 Å². The van der Waals surface area contributed by atoms with Crippen LogP contribution in [-0.2, 0) is 16.1 Å². The van der Waals surface area contributed by atoms with E-state index in [2.05, 4.69) is 23.8 Å². The van der Waals surface area contributed by atoms with Gasteiger partial charge in [-0.15, -0.1) is 11.3 Å². The number of hydrogen-bond acceptors (Lipinski definition) is 6. The quantitative estimate of drug-likeness (QED) is 0.383. The zero-order valence-corrected chi connectivity index (χ0v) is 15.5. The molecule has 0 bridgehead atoms. The molecule has 0 fully saturated rings. The summed E-state index contributed by atoms with van der Waals surface area (Å²) in [6, 6.07) is 7.91. The molecule has 0 aliphatic rings. The second-order valence-electron chi connectivity index (χ2n) is 5.52. The Labute approximate surface area is 149 Å². The van der Waals surface area contributed by atoms with Crippen LogP contribution < -0.4 is 0 Å². The predicted molar refractivity (Wildman–Crippen MR) is 98.6 cm³/mol. The molecular formula is C18H18N2O2S2. The maximum absolute atomic E-state index is 12.0. The Morgan fingerprint density at radius 3 is 2.79 bits per heavy atom. The van der Waals surface area contributed by atoms with E-state index in [-0.39, 0.29) is 11.7 Å². The average Bonchev–Trinajstić information content (AvgIpc) is 2.87. The molecule has 0 N–H and O–H groups in total. The van der Waals surface area contributed by atoms with Crippen molar-refractivity contribution in [3.05, 3.63) is 52.2 Å². The lowest BCUT2D eigenvalue weighted by molar-refractivity contribution is -0.141. The van der Waals surface area contributed by atoms with Crippen molar-refractivity contribution in [2.75, 3.05) is 5.75 Å². The smallest absolute Gasteiger partial charge is 0.316 e. The van der Waals surface area contributed by atoms with Gasteiger partial charge < -0.3 is 4.74 Å². The summed E-state index contributed by atoms with van der Waals surface area (Å²) in [6.45, 7) is 6.46. The second kappa shape index (κ2) is 7.32. The van der Waals surface area contributed by atoms with Gasteiger partial charge in [0.25, 0.3) is 0 Å². The van der Waals surface area contributed by atoms with Gasteiger partial charge in [-0.2, -0.15) is 0 Å². The van der Waals surface area contributed by atoms with Gasteiger partial charge >= 0.3 is 5.97 Å². The third-order valence-electron chi connectivity index (χ3n) is 3.91. The molecule has 24 heavy (non-hydrogen) atoms. The molecule has 3 aromatic rings. The van der Waals surface area contributed by atoms with Crippen molar-refractivity contribution in [3.8, 4) is 0 Å². The number of fused-ring (bicyclic) bond motifs is 1. The maximum Gasteiger partial charge on any atom is 0.316 e. The fraction of sp³-hybridized carbons (Fsp3) is 0.278. The van der Waals surface area contributed by atoms with Crippen molar-refractivity contribution in [3.63, 3.8) is 0 Å². The number of aromatic nitrogens is 2. The van der Waals surface area contributed by atoms with Crippen LogP contribution in [0.3, 0.4) is 0 Å². The van der Waals surface area contributed by atoms with Gasteiger partial charge in [0.15, 0.2) is 0 Å². The van der Waals surface area contributed by atoms with Crippen molar-refractivity contribution in [2.45, 2.75) is 32.4 Å². The van der Waals surface area contributed by atoms with Gasteiger partial charge in [-0.1, -0.05) is 36.0 Å². The molecule has 1 aromatic carbocycles. The van der Waals surface area contributed by atoms with E-state index in [1.807, 2.05) is 31.2 Å². The first-order valence-electron chi connectivity index (χ1n) is 7.60. The minimum absolute atomic E-state index is 0.236. The van der Waals surface area contributed by atoms with E-state index in [1.165, 1.54) is 22.2 Å². The van der Waals surface area contributed by atoms with Crippen LogP contribution >= 0.6 is 23.1 Å². The summed E-state index contributed by atoms with van der Waals surface area (Å²) >= 11 is 3.06. The number of aryl methyl sites for hydroxylation is 3. The zero-order valence-electron chi connectivity index (χ0n) is 13.8. The molecule has 124 valence electrons. The summed E-state index contributed by atoms with van der Waals surface area (Å²) in [6.07, 6.45) is 1.55. The highest BCUT2D eigenvalue weighted by Gasteiger charge is 2.14. The number of esters is 1. The van der Waals surface area contributed by atoms with Gasteiger partial charge in [0.2, 0.25) is 0 Å². The first kappa shape index (κ1) is 16.9. The van der Waals surface area contributed by atoms with Crippen molar-refractivity contribution < 1.29 is 9.53 Å². The highest BCUT2D eigenvalue weighted by molar-refractivity contribution is 8.00. The number of nitrogens with zero attached hydrogens (tertiary/aromatic N) is 2. The highest BCUT2D eigenvalue weighted by atomic mass is 32.2. The molecule has 0 saturated carbocycles. The Morgan fingerprint density at radius 1 is 1.21 bits per heavy atom. The first-order chi connectivity index (χ1) is 11.6. The lowest BCUT2D eigenvalue weighted by Crippen LogP contribution is -2.08. The summed E-state index contributed by atoms with van der Waals surface area (Å²) < 4.78 is 5.38. The van der Waals surface area contributed by atoms with Crippen molar-refractivity contribution in [2.24, 2.45) is 0 Å². The molecule has 0 radical (unpaired) electrons. The Bertz CT molecular complexity index is 890. The fourth-order valence-corrected chi connectivity index (χ4v) is 4.27. The summed E-state index contributed by atoms with van der Waals surface area (Å²) in [4.78, 5) is 22.9. The lowest BCUT2D eigenvalue weighted by atomic mass is 10.1. The molecule has 2 aromatic heterocycles. The molecule has 0 amide bonds. The Hall–Kier alpha value is -1.92. The first-order valence-corrected chi connectivity index (χ1v) is 9.40. The van der Waals surface area contributed by atoms with E-state index in [4.69, 9.17) is 4.74 Å². The standard InChI is InChI=1S/C18H18N2O2S2/c1-11-6-4-5-7-14(11)8-22-15(21)9-23-17-16-12(2)13(3)24-18(16)20-10-19-17/h4-7,10H,8-9H2,1-3H3. The molecule has 4 nitrogen and oxygen atoms in total. The van der Waals surface area contributed by atoms with E-state index in [0.29, 0.717) is 6.61 Å². The molecule has 6 heteroatoms. The molecule has 2 heterocycles. The molecule has 0 aliphatic carbocycles. The van der Waals surface area contributed by atoms with Crippen LogP contribution in [0, 0.1) is 20.8 Å². The Kier molecular flexibility index (Phi) is 5.16. The van der Waals surface area contributed by atoms with Crippen molar-refractivity contribution >= 4 is 39.3 Å². The number of benzene rings is 1. The molecular weight excluding hydrogens is 340 g/mol. The van der Waals surface area contributed by atoms with Crippen molar-refractivity contribution in [1.82, 2.24) is 9.97 Å². The number of carbonyl (C=O) groups is 1. The molecule has 0 aliphatic heterocycles. The predicted octanol–water partition coefficient (Wildman–Crippen LogP) is 4.45. The van der Waals surface area contributed by atoms with Crippen LogP contribution in [0.1, 0.15) is 21.6 Å². The normalized spacial score (nSPS) is 11.0. The number of carbonyl (C=O) groups excluding carboxylic acids is 1. The van der Waals surface area contributed by atoms with E-state index in [9.17, 15) is 4.79 Å². The summed E-state index contributed by atoms with van der Waals surface area (Å²) in [7, 11) is 0. The van der Waals surface area contributed by atoms with Crippen LogP contribution in [-0.4, -0.2) is 21.7 Å². The Balaban J connectivity index is 1.64. The fourth-order valence-electron chi connectivity index (χ4n) is 2.36. The lowest BCUT2D eigenvalue weighted by Gasteiger charge is -2.07. The Morgan fingerprint density at radius 2 is 2.00 bits per heavy atom. The number of rotatable bonds is 5. The highest BCUT2D eigenvalue weighted by Crippen LogP contribution is 2.34. The van der Waals surface area contributed by atoms with Crippen LogP contribution in [0.5, 0.6) is 0 Å². The zero-order chi connectivity index (χ0) is 17.1. The van der Waals surface area contributed by atoms with E-state index >= 15 is 0 Å². The molecule has 0 atom stereocenters. The molecule has 0 spiro atoms. The summed E-state index contributed by atoms with van der Waals surface area (Å²) in [5, 5.41) is 1.89. The van der Waals surface area contributed by atoms with Crippen LogP contribution in [0.15, 0.2) is 35.6 Å². The minimum Gasteiger partial charge on any atom is -0.460 e. The van der Waals surface area contributed by atoms with Crippen molar-refractivity contribution in [1.29, 1.82) is 0 Å². The number of hydrogen-bond donors (Lipinski definition) is 0. The topological polar surface area (TPSA) is 52.1 Å². The SMILES string of the molecule is Cc1ccccc1COC(=O)CSc1ncnc2sc(C)c(C)c12. The van der Waals surface area contributed by atoms with Gasteiger partial charge in [0.05, 0.1) is 5.75 Å². The minimum atomic E-state index is -0.236. The summed E-state index contributed by atoms with van der Waals surface area (Å²) in [5.41, 5.74) is 3.34. The average molecular weight is 358 g/mol.